The van der Waals surface area contributed by atoms with Gasteiger partial charge in [-0.25, -0.2) is 18.0 Å². The number of amides is 2. The van der Waals surface area contributed by atoms with Crippen LogP contribution in [0.5, 0.6) is 0 Å². The molecule has 0 aliphatic carbocycles. The van der Waals surface area contributed by atoms with E-state index in [1.165, 1.54) is 42.7 Å². The number of nitrogens with one attached hydrogen (secondary N) is 2. The predicted molar refractivity (Wildman–Crippen MR) is 111 cm³/mol. The zero-order valence-electron chi connectivity index (χ0n) is 18.0. The number of carbonyl (C=O) groups excluding carboxylic acids is 2. The van der Waals surface area contributed by atoms with E-state index in [0.717, 1.165) is 4.90 Å². The maximum Gasteiger partial charge on any atom is 0.490 e. The number of alkyl halides is 5. The molecule has 1 unspecified atom stereocenters. The zero-order valence-corrected chi connectivity index (χ0v) is 18.0. The number of pyridine rings is 1. The average Bonchev–Trinajstić information content (AvgIpc) is 3.13. The smallest absolute Gasteiger partial charge is 0.475 e. The molecule has 3 rings (SSSR count). The van der Waals surface area contributed by atoms with E-state index in [4.69, 9.17) is 15.2 Å². The van der Waals surface area contributed by atoms with Crippen molar-refractivity contribution in [1.82, 2.24) is 15.2 Å². The minimum absolute atomic E-state index is 0.153. The number of nitrogens with zero attached hydrogens (tertiary/aromatic N) is 3. The molecule has 36 heavy (non-hydrogen) atoms. The lowest BCUT2D eigenvalue weighted by Crippen LogP contribution is -2.43. The standard InChI is InChI=1S/C19H16F3N5O2.C2HF3O2/c20-12-1-3-13(4-2-12)26-16-9-24-6-5-15(16)18(29)25-10-17(28)27-11-19(21,22)7-14(27)8-23;3-2(4,5)1(6)7/h1-6,9,14,26H,7,10-11H2,(H,25,29);(H,6,7). The van der Waals surface area contributed by atoms with Crippen molar-refractivity contribution >= 4 is 29.2 Å². The fourth-order valence-corrected chi connectivity index (χ4v) is 2.93. The first kappa shape index (κ1) is 27.9. The lowest BCUT2D eigenvalue weighted by molar-refractivity contribution is -0.192. The Hall–Kier alpha value is -4.35. The number of benzene rings is 1. The van der Waals surface area contributed by atoms with Crippen molar-refractivity contribution < 1.29 is 45.8 Å². The van der Waals surface area contributed by atoms with E-state index in [1.54, 1.807) is 6.07 Å². The number of aromatic nitrogens is 1. The summed E-state index contributed by atoms with van der Waals surface area (Å²) in [4.78, 5) is 38.3. The number of anilines is 2. The third kappa shape index (κ3) is 7.86. The van der Waals surface area contributed by atoms with Crippen molar-refractivity contribution in [3.8, 4) is 6.07 Å². The molecule has 192 valence electrons. The molecule has 1 aliphatic heterocycles. The maximum atomic E-state index is 13.5. The molecule has 1 saturated heterocycles. The van der Waals surface area contributed by atoms with Gasteiger partial charge in [-0.15, -0.1) is 0 Å². The van der Waals surface area contributed by atoms with Crippen LogP contribution in [-0.2, 0) is 9.59 Å². The maximum absolute atomic E-state index is 13.5. The third-order valence-corrected chi connectivity index (χ3v) is 4.57. The number of likely N-dealkylation sites (tertiary alicyclic amines) is 1. The number of halogens is 6. The Bertz CT molecular complexity index is 1150. The first-order valence-electron chi connectivity index (χ1n) is 9.85. The largest absolute Gasteiger partial charge is 0.490 e. The first-order chi connectivity index (χ1) is 16.7. The second kappa shape index (κ2) is 11.4. The molecule has 0 bridgehead atoms. The fourth-order valence-electron chi connectivity index (χ4n) is 2.93. The fraction of sp³-hybridized carbons (Fsp3) is 0.286. The Morgan fingerprint density at radius 2 is 1.81 bits per heavy atom. The van der Waals surface area contributed by atoms with Crippen LogP contribution >= 0.6 is 0 Å². The van der Waals surface area contributed by atoms with Crippen LogP contribution in [0.25, 0.3) is 0 Å². The highest BCUT2D eigenvalue weighted by atomic mass is 19.4. The van der Waals surface area contributed by atoms with Gasteiger partial charge in [-0.2, -0.15) is 18.4 Å². The highest BCUT2D eigenvalue weighted by Gasteiger charge is 2.47. The van der Waals surface area contributed by atoms with Crippen LogP contribution in [-0.4, -0.2) is 64.0 Å². The van der Waals surface area contributed by atoms with E-state index in [1.807, 2.05) is 0 Å². The molecule has 2 amide bonds. The minimum atomic E-state index is -5.08. The number of carboxylic acids is 1. The first-order valence-corrected chi connectivity index (χ1v) is 9.85. The van der Waals surface area contributed by atoms with E-state index in [-0.39, 0.29) is 5.56 Å². The number of hydrogen-bond donors (Lipinski definition) is 3. The summed E-state index contributed by atoms with van der Waals surface area (Å²) in [6.45, 7) is -1.39. The van der Waals surface area contributed by atoms with E-state index in [0.29, 0.717) is 11.4 Å². The van der Waals surface area contributed by atoms with Gasteiger partial charge in [0, 0.05) is 18.3 Å². The highest BCUT2D eigenvalue weighted by Crippen LogP contribution is 2.31. The molecule has 2 aromatic rings. The van der Waals surface area contributed by atoms with Crippen molar-refractivity contribution in [2.45, 2.75) is 24.6 Å². The molecule has 1 atom stereocenters. The number of hydrogen-bond acceptors (Lipinski definition) is 6. The third-order valence-electron chi connectivity index (χ3n) is 4.57. The molecule has 2 heterocycles. The Morgan fingerprint density at radius 1 is 1.19 bits per heavy atom. The second-order valence-corrected chi connectivity index (χ2v) is 7.27. The number of rotatable bonds is 5. The van der Waals surface area contributed by atoms with Crippen molar-refractivity contribution in [2.24, 2.45) is 0 Å². The molecule has 0 spiro atoms. The summed E-state index contributed by atoms with van der Waals surface area (Å²) < 4.78 is 71.7. The van der Waals surface area contributed by atoms with Crippen LogP contribution < -0.4 is 10.6 Å². The molecular formula is C21H17F6N5O4. The van der Waals surface area contributed by atoms with Crippen LogP contribution in [0.1, 0.15) is 16.8 Å². The number of nitriles is 1. The minimum Gasteiger partial charge on any atom is -0.475 e. The Labute approximate surface area is 199 Å². The van der Waals surface area contributed by atoms with Crippen LogP contribution in [0, 0.1) is 17.1 Å². The van der Waals surface area contributed by atoms with Crippen molar-refractivity contribution in [3.63, 3.8) is 0 Å². The lowest BCUT2D eigenvalue weighted by atomic mass is 10.2. The molecule has 15 heteroatoms. The number of aliphatic carboxylic acids is 1. The molecule has 1 fully saturated rings. The molecule has 0 radical (unpaired) electrons. The normalized spacial score (nSPS) is 16.2. The Balaban J connectivity index is 0.000000572. The molecule has 1 aromatic heterocycles. The zero-order chi connectivity index (χ0) is 27.1. The van der Waals surface area contributed by atoms with Gasteiger partial charge in [0.2, 0.25) is 5.91 Å². The molecule has 1 aliphatic rings. The molecule has 1 aromatic carbocycles. The van der Waals surface area contributed by atoms with E-state index in [9.17, 15) is 35.9 Å². The summed E-state index contributed by atoms with van der Waals surface area (Å²) in [5.41, 5.74) is 0.980. The van der Waals surface area contributed by atoms with Crippen LogP contribution in [0.2, 0.25) is 0 Å². The summed E-state index contributed by atoms with van der Waals surface area (Å²) >= 11 is 0. The molecule has 3 N–H and O–H groups in total. The van der Waals surface area contributed by atoms with Gasteiger partial charge in [-0.05, 0) is 30.3 Å². The summed E-state index contributed by atoms with van der Waals surface area (Å²) in [7, 11) is 0. The van der Waals surface area contributed by atoms with Gasteiger partial charge in [-0.3, -0.25) is 14.6 Å². The SMILES string of the molecule is N#CC1CC(F)(F)CN1C(=O)CNC(=O)c1ccncc1Nc1ccc(F)cc1.O=C(O)C(F)(F)F. The van der Waals surface area contributed by atoms with Gasteiger partial charge in [0.15, 0.2) is 0 Å². The quantitative estimate of drug-likeness (QED) is 0.519. The van der Waals surface area contributed by atoms with Crippen LogP contribution in [0.4, 0.5) is 37.7 Å². The number of carbonyl (C=O) groups is 3. The topological polar surface area (TPSA) is 135 Å². The predicted octanol–water partition coefficient (Wildman–Crippen LogP) is 3.09. The number of carboxylic acid groups (broad SMARTS) is 1. The van der Waals surface area contributed by atoms with E-state index < -0.39 is 61.3 Å². The average molecular weight is 517 g/mol. The Kier molecular flexibility index (Phi) is 8.82. The molecule has 0 saturated carbocycles. The Morgan fingerprint density at radius 3 is 2.36 bits per heavy atom. The molecule has 9 nitrogen and oxygen atoms in total. The van der Waals surface area contributed by atoms with E-state index in [2.05, 4.69) is 15.6 Å². The van der Waals surface area contributed by atoms with Crippen molar-refractivity contribution in [2.75, 3.05) is 18.4 Å². The van der Waals surface area contributed by atoms with Crippen molar-refractivity contribution in [1.29, 1.82) is 5.26 Å². The lowest BCUT2D eigenvalue weighted by Gasteiger charge is -2.19. The monoisotopic (exact) mass is 517 g/mol. The summed E-state index contributed by atoms with van der Waals surface area (Å²) in [5, 5.41) is 21.4. The highest BCUT2D eigenvalue weighted by molar-refractivity contribution is 6.01. The van der Waals surface area contributed by atoms with Crippen LogP contribution in [0.3, 0.4) is 0 Å². The van der Waals surface area contributed by atoms with Crippen LogP contribution in [0.15, 0.2) is 42.7 Å². The summed E-state index contributed by atoms with van der Waals surface area (Å²) in [6, 6.07) is 7.30. The van der Waals surface area contributed by atoms with Gasteiger partial charge in [-0.1, -0.05) is 0 Å². The van der Waals surface area contributed by atoms with Gasteiger partial charge >= 0.3 is 12.1 Å². The molecular weight excluding hydrogens is 500 g/mol. The second-order valence-electron chi connectivity index (χ2n) is 7.27. The van der Waals surface area contributed by atoms with Crippen molar-refractivity contribution in [3.05, 3.63) is 54.1 Å². The summed E-state index contributed by atoms with van der Waals surface area (Å²) in [5.74, 6) is -7.71. The van der Waals surface area contributed by atoms with E-state index >= 15 is 0 Å². The van der Waals surface area contributed by atoms with Gasteiger partial charge < -0.3 is 20.6 Å². The van der Waals surface area contributed by atoms with Gasteiger partial charge in [0.25, 0.3) is 11.8 Å². The van der Waals surface area contributed by atoms with Gasteiger partial charge in [0.1, 0.15) is 11.9 Å². The summed E-state index contributed by atoms with van der Waals surface area (Å²) in [6.07, 6.45) is -3.05. The van der Waals surface area contributed by atoms with Gasteiger partial charge in [0.05, 0.1) is 36.6 Å².